The zero-order valence-corrected chi connectivity index (χ0v) is 37.8. The van der Waals surface area contributed by atoms with Crippen molar-refractivity contribution in [1.29, 1.82) is 0 Å². The van der Waals surface area contributed by atoms with Crippen LogP contribution in [0.5, 0.6) is 0 Å². The zero-order chi connectivity index (χ0) is 34.6. The van der Waals surface area contributed by atoms with E-state index in [0.29, 0.717) is 0 Å². The van der Waals surface area contributed by atoms with Gasteiger partial charge < -0.3 is 26.3 Å². The molecule has 1 saturated heterocycles. The van der Waals surface area contributed by atoms with Crippen LogP contribution in [-0.4, -0.2) is 78.6 Å². The Morgan fingerprint density at radius 1 is 0.522 bits per heavy atom. The maximum atomic E-state index is 7.44. The minimum absolute atomic E-state index is 0.981. The van der Waals surface area contributed by atoms with Gasteiger partial charge in [0.1, 0.15) is 0 Å². The second-order valence-corrected chi connectivity index (χ2v) is 40.1. The Morgan fingerprint density at radius 2 is 0.826 bits per heavy atom. The van der Waals surface area contributed by atoms with Crippen molar-refractivity contribution in [3.63, 3.8) is 0 Å². The highest BCUT2D eigenvalue weighted by Gasteiger charge is 2.56. The van der Waals surface area contributed by atoms with Gasteiger partial charge in [0.25, 0.3) is 0 Å². The average molecular weight is 735 g/mol. The molecule has 3 rings (SSSR count). The molecule has 0 aliphatic carbocycles. The van der Waals surface area contributed by atoms with Crippen LogP contribution in [0.25, 0.3) is 0 Å². The molecule has 0 saturated carbocycles. The van der Waals surface area contributed by atoms with Crippen LogP contribution in [0, 0.1) is 0 Å². The summed E-state index contributed by atoms with van der Waals surface area (Å²) in [7, 11) is -5.34. The fraction of sp³-hybridized carbons (Fsp3) is 0.647. The molecule has 0 amide bonds. The number of anilines is 2. The van der Waals surface area contributed by atoms with Crippen molar-refractivity contribution in [3.8, 4) is 0 Å². The Balaban J connectivity index is 1.90. The summed E-state index contributed by atoms with van der Waals surface area (Å²) in [4.78, 5) is 4.41. The molecule has 1 heterocycles. The van der Waals surface area contributed by atoms with Crippen molar-refractivity contribution in [3.05, 3.63) is 48.5 Å². The number of benzene rings is 2. The van der Waals surface area contributed by atoms with Crippen LogP contribution in [0.1, 0.15) is 26.7 Å². The van der Waals surface area contributed by atoms with Crippen molar-refractivity contribution < 1.29 is 16.5 Å². The maximum Gasteiger partial charge on any atom is 0.317 e. The van der Waals surface area contributed by atoms with Gasteiger partial charge in [0.05, 0.1) is 16.1 Å². The summed E-state index contributed by atoms with van der Waals surface area (Å²) in [6, 6.07) is 24.5. The Hall–Kier alpha value is -0.819. The second-order valence-electron chi connectivity index (χ2n) is 16.1. The van der Waals surface area contributed by atoms with Gasteiger partial charge in [-0.2, -0.15) is 0 Å². The molecule has 1 aliphatic rings. The van der Waals surface area contributed by atoms with Crippen LogP contribution in [0.3, 0.4) is 0 Å². The van der Waals surface area contributed by atoms with Crippen molar-refractivity contribution in [2.24, 2.45) is 0 Å². The first kappa shape index (κ1) is 39.6. The maximum absolute atomic E-state index is 7.44. The summed E-state index contributed by atoms with van der Waals surface area (Å²) in [6.45, 7) is 23.8. The third-order valence-corrected chi connectivity index (χ3v) is 36.5. The third-order valence-electron chi connectivity index (χ3n) is 9.83. The predicted molar refractivity (Wildman–Crippen MR) is 216 cm³/mol. The molecule has 0 atom stereocenters. The molecule has 0 aromatic heterocycles. The molecule has 0 unspecified atom stereocenters. The Kier molecular flexibility index (Phi) is 13.2. The fourth-order valence-corrected chi connectivity index (χ4v) is 40.3. The van der Waals surface area contributed by atoms with Crippen LogP contribution in [0.2, 0.25) is 88.6 Å². The standard InChI is InChI=1S/C34H66N2O4Si6/c1-15-23-43(11)37-45(13,27-25-41(7,8)33-21-17-19-31(29-33)35(3)4)39-44(12,24-16-2)40-46(14,38-43)28-26-42(9,10)34-22-18-20-32(30-34)36(5)6/h17-22,29-30H,15-16,23-28H2,1-14H3. The zero-order valence-electron chi connectivity index (χ0n) is 31.8. The van der Waals surface area contributed by atoms with E-state index in [1.165, 1.54) is 21.7 Å². The Bertz CT molecular complexity index is 1180. The van der Waals surface area contributed by atoms with E-state index in [1.54, 1.807) is 0 Å². The van der Waals surface area contributed by atoms with Crippen molar-refractivity contribution in [2.75, 3.05) is 38.0 Å². The first-order chi connectivity index (χ1) is 21.2. The molecule has 2 aromatic carbocycles. The van der Waals surface area contributed by atoms with E-state index < -0.39 is 50.4 Å². The molecule has 0 radical (unpaired) electrons. The number of hydrogen-bond acceptors (Lipinski definition) is 6. The van der Waals surface area contributed by atoms with Gasteiger partial charge in [-0.15, -0.1) is 0 Å². The lowest BCUT2D eigenvalue weighted by molar-refractivity contribution is 0.223. The molecule has 0 spiro atoms. The van der Waals surface area contributed by atoms with Gasteiger partial charge in [-0.25, -0.2) is 0 Å². The van der Waals surface area contributed by atoms with Crippen LogP contribution in [-0.2, 0) is 16.5 Å². The van der Waals surface area contributed by atoms with Gasteiger partial charge in [-0.1, -0.05) is 99.6 Å². The van der Waals surface area contributed by atoms with Gasteiger partial charge in [0, 0.05) is 39.6 Å². The van der Waals surface area contributed by atoms with Gasteiger partial charge in [0.2, 0.25) is 0 Å². The summed E-state index contributed by atoms with van der Waals surface area (Å²) >= 11 is 0. The topological polar surface area (TPSA) is 43.4 Å². The quantitative estimate of drug-likeness (QED) is 0.181. The highest BCUT2D eigenvalue weighted by molar-refractivity contribution is 6.96. The monoisotopic (exact) mass is 734 g/mol. The molecule has 0 N–H and O–H groups in total. The van der Waals surface area contributed by atoms with E-state index in [2.05, 4.69) is 153 Å². The van der Waals surface area contributed by atoms with E-state index in [1.807, 2.05) is 0 Å². The molecule has 46 heavy (non-hydrogen) atoms. The Labute approximate surface area is 289 Å². The van der Waals surface area contributed by atoms with E-state index in [9.17, 15) is 0 Å². The van der Waals surface area contributed by atoms with Crippen LogP contribution in [0.4, 0.5) is 11.4 Å². The molecular formula is C34H66N2O4Si6. The minimum Gasteiger partial charge on any atom is -0.416 e. The number of hydrogen-bond donors (Lipinski definition) is 0. The van der Waals surface area contributed by atoms with Crippen molar-refractivity contribution in [1.82, 2.24) is 0 Å². The lowest BCUT2D eigenvalue weighted by atomic mass is 10.3. The summed E-state index contributed by atoms with van der Waals surface area (Å²) < 4.78 is 29.8. The van der Waals surface area contributed by atoms with E-state index in [4.69, 9.17) is 16.5 Å². The molecule has 1 aliphatic heterocycles. The van der Waals surface area contributed by atoms with Gasteiger partial charge in [-0.05, 0) is 74.6 Å². The minimum atomic E-state index is -2.61. The average Bonchev–Trinajstić information content (AvgIpc) is 2.94. The molecule has 1 fully saturated rings. The van der Waals surface area contributed by atoms with Gasteiger partial charge >= 0.3 is 34.2 Å². The molecule has 12 heteroatoms. The molecule has 6 nitrogen and oxygen atoms in total. The van der Waals surface area contributed by atoms with Gasteiger partial charge in [-0.3, -0.25) is 0 Å². The molecular weight excluding hydrogens is 669 g/mol. The van der Waals surface area contributed by atoms with Crippen LogP contribution >= 0.6 is 0 Å². The SMILES string of the molecule is CCC[Si]1(C)O[Si](C)(CC[Si](C)(C)c2cccc(N(C)C)c2)O[Si](C)(CCC)O[Si](C)(CC[Si](C)(C)c2cccc(N(C)C)c2)O1. The van der Waals surface area contributed by atoms with Crippen molar-refractivity contribution in [2.45, 2.75) is 115 Å². The normalized spacial score (nSPS) is 27.6. The number of rotatable bonds is 14. The van der Waals surface area contributed by atoms with E-state index in [-0.39, 0.29) is 0 Å². The fourth-order valence-electron chi connectivity index (χ4n) is 7.00. The first-order valence-electron chi connectivity index (χ1n) is 17.5. The second kappa shape index (κ2) is 15.4. The van der Waals surface area contributed by atoms with Crippen LogP contribution < -0.4 is 20.2 Å². The lowest BCUT2D eigenvalue weighted by Crippen LogP contribution is -2.67. The lowest BCUT2D eigenvalue weighted by Gasteiger charge is -2.51. The summed E-state index contributed by atoms with van der Waals surface area (Å²) in [5.41, 5.74) is 2.54. The molecule has 0 bridgehead atoms. The molecule has 260 valence electrons. The smallest absolute Gasteiger partial charge is 0.317 e. The van der Waals surface area contributed by atoms with E-state index >= 15 is 0 Å². The third kappa shape index (κ3) is 10.6. The van der Waals surface area contributed by atoms with Gasteiger partial charge in [0.15, 0.2) is 0 Å². The summed E-state index contributed by atoms with van der Waals surface area (Å²) in [5, 5.41) is 3.00. The summed E-state index contributed by atoms with van der Waals surface area (Å²) in [6.07, 6.45) is 2.10. The highest BCUT2D eigenvalue weighted by Crippen LogP contribution is 2.40. The van der Waals surface area contributed by atoms with Crippen molar-refractivity contribution >= 4 is 72.1 Å². The van der Waals surface area contributed by atoms with Crippen LogP contribution in [0.15, 0.2) is 48.5 Å². The number of nitrogens with zero attached hydrogens (tertiary/aromatic N) is 2. The summed E-state index contributed by atoms with van der Waals surface area (Å²) in [5.74, 6) is 0. The molecule has 2 aromatic rings. The van der Waals surface area contributed by atoms with E-state index in [0.717, 1.165) is 49.1 Å². The highest BCUT2D eigenvalue weighted by atomic mass is 28.5. The Morgan fingerprint density at radius 3 is 1.11 bits per heavy atom. The largest absolute Gasteiger partial charge is 0.416 e. The predicted octanol–water partition coefficient (Wildman–Crippen LogP) is 8.54. The first-order valence-corrected chi connectivity index (χ1v) is 34.1.